The zero-order valence-corrected chi connectivity index (χ0v) is 14.1. The van der Waals surface area contributed by atoms with E-state index < -0.39 is 0 Å². The first-order chi connectivity index (χ1) is 11.7. The zero-order valence-electron chi connectivity index (χ0n) is 14.1. The molecule has 1 aliphatic rings. The van der Waals surface area contributed by atoms with Crippen molar-refractivity contribution in [3.05, 3.63) is 42.0 Å². The van der Waals surface area contributed by atoms with Gasteiger partial charge in [-0.1, -0.05) is 30.3 Å². The number of aryl methyl sites for hydroxylation is 1. The fraction of sp³-hybridized carbons (Fsp3) is 0.444. The minimum Gasteiger partial charge on any atom is -0.383 e. The molecule has 1 saturated heterocycles. The van der Waals surface area contributed by atoms with Crippen LogP contribution in [0.25, 0.3) is 0 Å². The van der Waals surface area contributed by atoms with E-state index in [0.717, 1.165) is 51.4 Å². The van der Waals surface area contributed by atoms with Gasteiger partial charge in [0, 0.05) is 25.7 Å². The maximum Gasteiger partial charge on any atom is 0.223 e. The van der Waals surface area contributed by atoms with Crippen molar-refractivity contribution in [1.29, 1.82) is 0 Å². The Kier molecular flexibility index (Phi) is 5.48. The van der Waals surface area contributed by atoms with Gasteiger partial charge in [-0.15, -0.1) is 0 Å². The van der Waals surface area contributed by atoms with E-state index in [2.05, 4.69) is 50.1 Å². The highest BCUT2D eigenvalue weighted by molar-refractivity contribution is 5.50. The zero-order chi connectivity index (χ0) is 16.8. The Morgan fingerprint density at radius 1 is 0.958 bits per heavy atom. The Morgan fingerprint density at radius 2 is 1.79 bits per heavy atom. The lowest BCUT2D eigenvalue weighted by atomic mass is 10.1. The molecule has 1 aliphatic heterocycles. The molecule has 0 saturated carbocycles. The van der Waals surface area contributed by atoms with Gasteiger partial charge in [0.15, 0.2) is 0 Å². The van der Waals surface area contributed by atoms with Gasteiger partial charge in [0.1, 0.15) is 11.6 Å². The molecule has 1 fully saturated rings. The number of benzene rings is 1. The van der Waals surface area contributed by atoms with Crippen molar-refractivity contribution in [2.45, 2.75) is 19.3 Å². The average Bonchev–Trinajstić information content (AvgIpc) is 2.81. The summed E-state index contributed by atoms with van der Waals surface area (Å²) in [5.41, 5.74) is 12.9. The molecule has 0 amide bonds. The predicted molar refractivity (Wildman–Crippen MR) is 98.9 cm³/mol. The number of rotatable bonds is 5. The first kappa shape index (κ1) is 16.5. The van der Waals surface area contributed by atoms with Crippen molar-refractivity contribution < 1.29 is 0 Å². The Balaban J connectivity index is 1.49. The van der Waals surface area contributed by atoms with Crippen LogP contribution in [-0.2, 0) is 6.42 Å². The normalized spacial score (nSPS) is 16.1. The summed E-state index contributed by atoms with van der Waals surface area (Å²) < 4.78 is 0. The molecule has 6 heteroatoms. The molecule has 6 nitrogen and oxygen atoms in total. The highest BCUT2D eigenvalue weighted by Gasteiger charge is 2.16. The fourth-order valence-electron chi connectivity index (χ4n) is 3.21. The van der Waals surface area contributed by atoms with Gasteiger partial charge in [0.05, 0.1) is 0 Å². The van der Waals surface area contributed by atoms with E-state index in [-0.39, 0.29) is 5.95 Å². The van der Waals surface area contributed by atoms with Gasteiger partial charge in [-0.05, 0) is 37.9 Å². The Bertz CT molecular complexity index is 625. The second kappa shape index (κ2) is 7.97. The summed E-state index contributed by atoms with van der Waals surface area (Å²) in [7, 11) is 0. The topological polar surface area (TPSA) is 84.3 Å². The maximum atomic E-state index is 5.79. The highest BCUT2D eigenvalue weighted by atomic mass is 15.3. The van der Waals surface area contributed by atoms with Gasteiger partial charge < -0.3 is 21.3 Å². The summed E-state index contributed by atoms with van der Waals surface area (Å²) in [6.45, 7) is 5.23. The smallest absolute Gasteiger partial charge is 0.223 e. The molecule has 4 N–H and O–H groups in total. The van der Waals surface area contributed by atoms with Crippen LogP contribution in [0.3, 0.4) is 0 Å². The number of nitrogens with zero attached hydrogens (tertiary/aromatic N) is 4. The van der Waals surface area contributed by atoms with Crippen LogP contribution in [0.5, 0.6) is 0 Å². The number of anilines is 3. The van der Waals surface area contributed by atoms with Crippen LogP contribution in [0.1, 0.15) is 18.4 Å². The van der Waals surface area contributed by atoms with Crippen LogP contribution in [-0.4, -0.2) is 47.6 Å². The molecular formula is C18H26N6. The lowest BCUT2D eigenvalue weighted by Crippen LogP contribution is -2.32. The van der Waals surface area contributed by atoms with Gasteiger partial charge in [-0.25, -0.2) is 0 Å². The third kappa shape index (κ3) is 4.58. The minimum atomic E-state index is 0.244. The largest absolute Gasteiger partial charge is 0.383 e. The van der Waals surface area contributed by atoms with Crippen LogP contribution < -0.4 is 16.4 Å². The van der Waals surface area contributed by atoms with E-state index in [1.165, 1.54) is 12.0 Å². The molecule has 128 valence electrons. The van der Waals surface area contributed by atoms with E-state index in [0.29, 0.717) is 5.82 Å². The number of hydrogen-bond acceptors (Lipinski definition) is 6. The van der Waals surface area contributed by atoms with Crippen LogP contribution in [0, 0.1) is 0 Å². The van der Waals surface area contributed by atoms with Crippen molar-refractivity contribution in [3.63, 3.8) is 0 Å². The molecule has 0 unspecified atom stereocenters. The van der Waals surface area contributed by atoms with Crippen molar-refractivity contribution >= 4 is 17.6 Å². The summed E-state index contributed by atoms with van der Waals surface area (Å²) in [6.07, 6.45) is 3.45. The second-order valence-corrected chi connectivity index (χ2v) is 6.28. The molecule has 3 rings (SSSR count). The van der Waals surface area contributed by atoms with Crippen molar-refractivity contribution in [3.8, 4) is 0 Å². The van der Waals surface area contributed by atoms with Crippen molar-refractivity contribution in [2.24, 2.45) is 0 Å². The Hall–Kier alpha value is -2.34. The summed E-state index contributed by atoms with van der Waals surface area (Å²) in [6, 6.07) is 12.5. The minimum absolute atomic E-state index is 0.244. The van der Waals surface area contributed by atoms with Gasteiger partial charge in [0.25, 0.3) is 0 Å². The molecule has 24 heavy (non-hydrogen) atoms. The SMILES string of the molecule is Nc1cc(N2CCCN(CCCc3ccccc3)CC2)nc(N)n1. The lowest BCUT2D eigenvalue weighted by Gasteiger charge is -2.23. The van der Waals surface area contributed by atoms with Crippen molar-refractivity contribution in [1.82, 2.24) is 14.9 Å². The fourth-order valence-corrected chi connectivity index (χ4v) is 3.21. The van der Waals surface area contributed by atoms with Crippen LogP contribution in [0.4, 0.5) is 17.6 Å². The third-order valence-corrected chi connectivity index (χ3v) is 4.44. The highest BCUT2D eigenvalue weighted by Crippen LogP contribution is 2.17. The number of aromatic nitrogens is 2. The molecule has 0 atom stereocenters. The van der Waals surface area contributed by atoms with E-state index in [1.807, 2.05) is 0 Å². The molecule has 2 heterocycles. The number of nitrogens with two attached hydrogens (primary N) is 2. The Labute approximate surface area is 143 Å². The number of nitrogen functional groups attached to an aromatic ring is 2. The lowest BCUT2D eigenvalue weighted by molar-refractivity contribution is 0.290. The quantitative estimate of drug-likeness (QED) is 0.871. The molecule has 0 aliphatic carbocycles. The maximum absolute atomic E-state index is 5.79. The molecule has 0 spiro atoms. The molecule has 1 aromatic carbocycles. The van der Waals surface area contributed by atoms with Gasteiger partial charge in [0.2, 0.25) is 5.95 Å². The molecule has 1 aromatic heterocycles. The first-order valence-electron chi connectivity index (χ1n) is 8.62. The molecule has 2 aromatic rings. The summed E-state index contributed by atoms with van der Waals surface area (Å²) in [5.74, 6) is 1.52. The summed E-state index contributed by atoms with van der Waals surface area (Å²) >= 11 is 0. The van der Waals surface area contributed by atoms with E-state index >= 15 is 0 Å². The predicted octanol–water partition coefficient (Wildman–Crippen LogP) is 1.79. The van der Waals surface area contributed by atoms with Gasteiger partial charge in [-0.3, -0.25) is 0 Å². The molecular weight excluding hydrogens is 300 g/mol. The monoisotopic (exact) mass is 326 g/mol. The molecule has 0 radical (unpaired) electrons. The standard InChI is InChI=1S/C18H26N6/c19-16-14-17(22-18(20)21-16)24-11-5-10-23(12-13-24)9-4-8-15-6-2-1-3-7-15/h1-3,6-7,14H,4-5,8-13H2,(H4,19,20,21,22). The van der Waals surface area contributed by atoms with Gasteiger partial charge >= 0.3 is 0 Å². The third-order valence-electron chi connectivity index (χ3n) is 4.44. The summed E-state index contributed by atoms with van der Waals surface area (Å²) in [4.78, 5) is 13.1. The van der Waals surface area contributed by atoms with E-state index in [4.69, 9.17) is 11.5 Å². The molecule has 0 bridgehead atoms. The van der Waals surface area contributed by atoms with Crippen LogP contribution >= 0.6 is 0 Å². The second-order valence-electron chi connectivity index (χ2n) is 6.28. The van der Waals surface area contributed by atoms with Crippen molar-refractivity contribution in [2.75, 3.05) is 49.1 Å². The average molecular weight is 326 g/mol. The Morgan fingerprint density at radius 3 is 2.58 bits per heavy atom. The van der Waals surface area contributed by atoms with E-state index in [1.54, 1.807) is 6.07 Å². The first-order valence-corrected chi connectivity index (χ1v) is 8.62. The summed E-state index contributed by atoms with van der Waals surface area (Å²) in [5, 5.41) is 0. The van der Waals surface area contributed by atoms with Crippen LogP contribution in [0.15, 0.2) is 36.4 Å². The van der Waals surface area contributed by atoms with Gasteiger partial charge in [-0.2, -0.15) is 9.97 Å². The van der Waals surface area contributed by atoms with Crippen LogP contribution in [0.2, 0.25) is 0 Å². The van der Waals surface area contributed by atoms with E-state index in [9.17, 15) is 0 Å². The number of hydrogen-bond donors (Lipinski definition) is 2.